The Kier molecular flexibility index (Phi) is 5.96. The summed E-state index contributed by atoms with van der Waals surface area (Å²) in [7, 11) is 1.51. The van der Waals surface area contributed by atoms with Crippen LogP contribution in [-0.4, -0.2) is 32.3 Å². The first-order valence-corrected chi connectivity index (χ1v) is 10.4. The third-order valence-electron chi connectivity index (χ3n) is 5.02. The van der Waals surface area contributed by atoms with Crippen LogP contribution in [0.1, 0.15) is 17.5 Å². The van der Waals surface area contributed by atoms with Gasteiger partial charge in [0.1, 0.15) is 11.1 Å². The van der Waals surface area contributed by atoms with Gasteiger partial charge >= 0.3 is 0 Å². The molecule has 32 heavy (non-hydrogen) atoms. The van der Waals surface area contributed by atoms with Crippen LogP contribution in [0.2, 0.25) is 5.02 Å². The number of halogens is 1. The molecule has 0 aliphatic rings. The van der Waals surface area contributed by atoms with Crippen LogP contribution in [0.5, 0.6) is 5.75 Å². The predicted molar refractivity (Wildman–Crippen MR) is 124 cm³/mol. The fourth-order valence-electron chi connectivity index (χ4n) is 3.58. The molecule has 0 spiro atoms. The van der Waals surface area contributed by atoms with E-state index in [1.807, 2.05) is 26.0 Å². The number of carbonyl (C=O) groups excluding carboxylic acids is 1. The molecule has 1 amide bonds. The van der Waals surface area contributed by atoms with E-state index < -0.39 is 0 Å². The van der Waals surface area contributed by atoms with Gasteiger partial charge in [0.05, 0.1) is 31.0 Å². The monoisotopic (exact) mass is 451 g/mol. The van der Waals surface area contributed by atoms with Crippen molar-refractivity contribution in [3.05, 3.63) is 75.4 Å². The molecule has 0 unspecified atom stereocenters. The number of fused-ring (bicyclic) bond motifs is 1. The topological polar surface area (TPSA) is 91.0 Å². The van der Waals surface area contributed by atoms with E-state index in [1.54, 1.807) is 22.9 Å². The summed E-state index contributed by atoms with van der Waals surface area (Å²) in [6.07, 6.45) is 3.03. The summed E-state index contributed by atoms with van der Waals surface area (Å²) >= 11 is 6.00. The minimum atomic E-state index is -0.275. The summed E-state index contributed by atoms with van der Waals surface area (Å²) in [5, 5.41) is 8.00. The molecule has 0 radical (unpaired) electrons. The number of hydrogen-bond acceptors (Lipinski definition) is 5. The van der Waals surface area contributed by atoms with E-state index in [2.05, 4.69) is 21.5 Å². The smallest absolute Gasteiger partial charge is 0.264 e. The van der Waals surface area contributed by atoms with Gasteiger partial charge in [0, 0.05) is 18.0 Å². The first-order chi connectivity index (χ1) is 15.4. The third kappa shape index (κ3) is 4.36. The highest BCUT2D eigenvalue weighted by Crippen LogP contribution is 2.27. The molecule has 9 heteroatoms. The second-order valence-electron chi connectivity index (χ2n) is 7.53. The van der Waals surface area contributed by atoms with Crippen molar-refractivity contribution in [1.82, 2.24) is 19.3 Å². The average Bonchev–Trinajstić information content (AvgIpc) is 3.18. The van der Waals surface area contributed by atoms with Crippen LogP contribution in [0.25, 0.3) is 16.7 Å². The number of aromatic nitrogens is 4. The van der Waals surface area contributed by atoms with Gasteiger partial charge in [-0.1, -0.05) is 17.7 Å². The van der Waals surface area contributed by atoms with Crippen molar-refractivity contribution < 1.29 is 9.53 Å². The number of rotatable bonds is 6. The molecule has 0 saturated carbocycles. The van der Waals surface area contributed by atoms with Crippen LogP contribution in [0.4, 0.5) is 5.69 Å². The minimum Gasteiger partial charge on any atom is -0.495 e. The van der Waals surface area contributed by atoms with Gasteiger partial charge in [-0.3, -0.25) is 14.2 Å². The molecular formula is C23H22ClN5O3. The van der Waals surface area contributed by atoms with Gasteiger partial charge in [0.2, 0.25) is 5.91 Å². The largest absolute Gasteiger partial charge is 0.495 e. The van der Waals surface area contributed by atoms with E-state index in [1.165, 1.54) is 24.2 Å². The maximum absolute atomic E-state index is 12.9. The highest BCUT2D eigenvalue weighted by Gasteiger charge is 2.14. The minimum absolute atomic E-state index is 0.0774. The molecule has 0 bridgehead atoms. The predicted octanol–water partition coefficient (Wildman–Crippen LogP) is 3.89. The lowest BCUT2D eigenvalue weighted by atomic mass is 10.1. The van der Waals surface area contributed by atoms with Crippen LogP contribution in [0.15, 0.2) is 53.7 Å². The number of carbonyl (C=O) groups is 1. The Morgan fingerprint density at radius 3 is 2.62 bits per heavy atom. The number of nitrogens with one attached hydrogen (secondary N) is 1. The normalized spacial score (nSPS) is 11.0. The zero-order chi connectivity index (χ0) is 22.8. The summed E-state index contributed by atoms with van der Waals surface area (Å²) in [4.78, 5) is 29.8. The molecule has 2 heterocycles. The van der Waals surface area contributed by atoms with Crippen LogP contribution in [0, 0.1) is 13.8 Å². The quantitative estimate of drug-likeness (QED) is 0.480. The summed E-state index contributed by atoms with van der Waals surface area (Å²) in [5.74, 6) is 0.227. The zero-order valence-electron chi connectivity index (χ0n) is 17.9. The molecule has 1 N–H and O–H groups in total. The first kappa shape index (κ1) is 21.6. The van der Waals surface area contributed by atoms with E-state index in [4.69, 9.17) is 16.3 Å². The van der Waals surface area contributed by atoms with E-state index in [0.717, 1.165) is 16.8 Å². The van der Waals surface area contributed by atoms with Crippen molar-refractivity contribution >= 4 is 34.2 Å². The third-order valence-corrected chi connectivity index (χ3v) is 5.26. The number of anilines is 1. The molecule has 8 nitrogen and oxygen atoms in total. The Labute approximate surface area is 189 Å². The standard InChI is InChI=1S/C23H22ClN5O3/c1-14-8-15(2)10-17(9-14)29-22-18(12-26-29)23(31)28(13-25-22)7-6-21(30)27-19-11-16(24)4-5-20(19)32-3/h4-5,8-13H,6-7H2,1-3H3,(H,27,30). The maximum Gasteiger partial charge on any atom is 0.264 e. The van der Waals surface area contributed by atoms with Crippen molar-refractivity contribution in [1.29, 1.82) is 0 Å². The van der Waals surface area contributed by atoms with E-state index in [9.17, 15) is 9.59 Å². The van der Waals surface area contributed by atoms with Crippen molar-refractivity contribution in [2.24, 2.45) is 0 Å². The summed E-state index contributed by atoms with van der Waals surface area (Å²) in [5.41, 5.74) is 3.74. The molecule has 4 aromatic rings. The maximum atomic E-state index is 12.9. The molecule has 164 valence electrons. The van der Waals surface area contributed by atoms with Crippen LogP contribution in [-0.2, 0) is 11.3 Å². The van der Waals surface area contributed by atoms with Gasteiger partial charge in [0.25, 0.3) is 5.56 Å². The highest BCUT2D eigenvalue weighted by atomic mass is 35.5. The molecule has 0 saturated heterocycles. The fourth-order valence-corrected chi connectivity index (χ4v) is 3.75. The summed E-state index contributed by atoms with van der Waals surface area (Å²) in [6.45, 7) is 4.19. The van der Waals surface area contributed by atoms with Crippen molar-refractivity contribution in [3.63, 3.8) is 0 Å². The van der Waals surface area contributed by atoms with Gasteiger partial charge in [-0.15, -0.1) is 0 Å². The number of hydrogen-bond donors (Lipinski definition) is 1. The van der Waals surface area contributed by atoms with Crippen molar-refractivity contribution in [3.8, 4) is 11.4 Å². The Balaban J connectivity index is 1.53. The molecule has 0 atom stereocenters. The van der Waals surface area contributed by atoms with Gasteiger partial charge in [-0.25, -0.2) is 9.67 Å². The molecule has 0 aliphatic heterocycles. The second kappa shape index (κ2) is 8.84. The second-order valence-corrected chi connectivity index (χ2v) is 7.96. The van der Waals surface area contributed by atoms with Crippen LogP contribution < -0.4 is 15.6 Å². The summed E-state index contributed by atoms with van der Waals surface area (Å²) in [6, 6.07) is 11.0. The molecular weight excluding hydrogens is 430 g/mol. The molecule has 4 rings (SSSR count). The Morgan fingerprint density at radius 1 is 1.16 bits per heavy atom. The lowest BCUT2D eigenvalue weighted by Gasteiger charge is -2.11. The molecule has 0 aliphatic carbocycles. The Morgan fingerprint density at radius 2 is 1.91 bits per heavy atom. The van der Waals surface area contributed by atoms with E-state index in [0.29, 0.717) is 27.5 Å². The molecule has 2 aromatic heterocycles. The lowest BCUT2D eigenvalue weighted by Crippen LogP contribution is -2.23. The lowest BCUT2D eigenvalue weighted by molar-refractivity contribution is -0.116. The zero-order valence-corrected chi connectivity index (χ0v) is 18.7. The fraction of sp³-hybridized carbons (Fsp3) is 0.217. The SMILES string of the molecule is COc1ccc(Cl)cc1NC(=O)CCn1cnc2c(cnn2-c2cc(C)cc(C)c2)c1=O. The van der Waals surface area contributed by atoms with Gasteiger partial charge in [0.15, 0.2) is 5.65 Å². The van der Waals surface area contributed by atoms with E-state index in [-0.39, 0.29) is 24.4 Å². The van der Waals surface area contributed by atoms with Crippen LogP contribution in [0.3, 0.4) is 0 Å². The van der Waals surface area contributed by atoms with Crippen LogP contribution >= 0.6 is 11.6 Å². The Bertz CT molecular complexity index is 1360. The van der Waals surface area contributed by atoms with Gasteiger partial charge in [-0.05, 0) is 55.3 Å². The molecule has 0 fully saturated rings. The first-order valence-electron chi connectivity index (χ1n) is 10.0. The number of amides is 1. The molecule has 2 aromatic carbocycles. The number of benzene rings is 2. The van der Waals surface area contributed by atoms with Gasteiger partial charge < -0.3 is 10.1 Å². The highest BCUT2D eigenvalue weighted by molar-refractivity contribution is 6.31. The Hall–Kier alpha value is -3.65. The summed E-state index contributed by atoms with van der Waals surface area (Å²) < 4.78 is 8.30. The average molecular weight is 452 g/mol. The number of nitrogens with zero attached hydrogens (tertiary/aromatic N) is 4. The number of aryl methyl sites for hydroxylation is 3. The van der Waals surface area contributed by atoms with E-state index >= 15 is 0 Å². The number of methoxy groups -OCH3 is 1. The van der Waals surface area contributed by atoms with Gasteiger partial charge in [-0.2, -0.15) is 5.10 Å². The van der Waals surface area contributed by atoms with Crippen molar-refractivity contribution in [2.45, 2.75) is 26.8 Å². The number of ether oxygens (including phenoxy) is 1. The van der Waals surface area contributed by atoms with Crippen molar-refractivity contribution in [2.75, 3.05) is 12.4 Å².